The van der Waals surface area contributed by atoms with Gasteiger partial charge in [0.05, 0.1) is 5.39 Å². The molecule has 1 saturated carbocycles. The number of halogens is 1. The summed E-state index contributed by atoms with van der Waals surface area (Å²) in [5, 5.41) is 1.02. The van der Waals surface area contributed by atoms with Gasteiger partial charge in [-0.3, -0.25) is 4.99 Å². The van der Waals surface area contributed by atoms with E-state index in [0.717, 1.165) is 48.8 Å². The number of aliphatic imine (C=N–C) groups is 1. The Morgan fingerprint density at radius 3 is 2.83 bits per heavy atom. The molecule has 2 heterocycles. The van der Waals surface area contributed by atoms with Gasteiger partial charge in [0.25, 0.3) is 0 Å². The maximum atomic E-state index is 6.02. The van der Waals surface area contributed by atoms with E-state index in [-0.39, 0.29) is 5.28 Å². The van der Waals surface area contributed by atoms with Gasteiger partial charge in [-0.15, -0.1) is 0 Å². The second-order valence-electron chi connectivity index (χ2n) is 7.44. The third-order valence-electron chi connectivity index (χ3n) is 5.65. The molecule has 3 aromatic rings. The van der Waals surface area contributed by atoms with Crippen molar-refractivity contribution in [2.24, 2.45) is 16.6 Å². The fourth-order valence-electron chi connectivity index (χ4n) is 4.13. The minimum Gasteiger partial charge on any atom is -0.404 e. The Hall–Kier alpha value is -2.86. The molecule has 7 heteroatoms. The molecule has 6 nitrogen and oxygen atoms in total. The molecule has 2 unspecified atom stereocenters. The van der Waals surface area contributed by atoms with Crippen LogP contribution in [0.2, 0.25) is 5.28 Å². The van der Waals surface area contributed by atoms with Crippen LogP contribution in [0, 0.1) is 5.92 Å². The molecular formula is C22H25ClN6. The lowest BCUT2D eigenvalue weighted by Crippen LogP contribution is -2.08. The SMILES string of the molecule is N/C=C(\C=NCCc1ccccc1)C1CCC(n2ccc3c(N)nc(Cl)nc32)C1. The standard InChI is InChI=1S/C22H25ClN6/c23-22-27-20(25)19-9-11-29(21(19)28-22)18-7-6-16(12-18)17(13-24)14-26-10-8-15-4-2-1-3-5-15/h1-5,9,11,13-14,16,18H,6-8,10,12,24H2,(H2,25,27,28)/b17-13+,26-14?. The van der Waals surface area contributed by atoms with Crippen molar-refractivity contribution in [1.82, 2.24) is 14.5 Å². The summed E-state index contributed by atoms with van der Waals surface area (Å²) in [6.07, 6.45) is 9.69. The van der Waals surface area contributed by atoms with E-state index in [4.69, 9.17) is 23.1 Å². The summed E-state index contributed by atoms with van der Waals surface area (Å²) in [5.74, 6) is 0.805. The minimum absolute atomic E-state index is 0.178. The van der Waals surface area contributed by atoms with Gasteiger partial charge in [-0.1, -0.05) is 30.3 Å². The lowest BCUT2D eigenvalue weighted by Gasteiger charge is -2.15. The van der Waals surface area contributed by atoms with Crippen LogP contribution in [0.25, 0.3) is 11.0 Å². The molecule has 1 aliphatic rings. The molecule has 4 rings (SSSR count). The predicted octanol–water partition coefficient (Wildman–Crippen LogP) is 4.16. The maximum Gasteiger partial charge on any atom is 0.226 e. The van der Waals surface area contributed by atoms with Crippen LogP contribution in [0.1, 0.15) is 30.9 Å². The van der Waals surface area contributed by atoms with Crippen LogP contribution in [-0.2, 0) is 6.42 Å². The van der Waals surface area contributed by atoms with E-state index in [1.807, 2.05) is 24.5 Å². The molecule has 2 aromatic heterocycles. The summed E-state index contributed by atoms with van der Waals surface area (Å²) < 4.78 is 2.17. The molecule has 29 heavy (non-hydrogen) atoms. The van der Waals surface area contributed by atoms with Crippen molar-refractivity contribution in [3.05, 3.63) is 65.2 Å². The predicted molar refractivity (Wildman–Crippen MR) is 119 cm³/mol. The third kappa shape index (κ3) is 4.27. The highest BCUT2D eigenvalue weighted by Crippen LogP contribution is 2.39. The van der Waals surface area contributed by atoms with Crippen LogP contribution < -0.4 is 11.5 Å². The van der Waals surface area contributed by atoms with E-state index in [1.54, 1.807) is 6.20 Å². The molecule has 0 amide bonds. The number of hydrogen-bond acceptors (Lipinski definition) is 5. The van der Waals surface area contributed by atoms with Gasteiger partial charge in [0, 0.05) is 25.0 Å². The fourth-order valence-corrected chi connectivity index (χ4v) is 4.30. The van der Waals surface area contributed by atoms with Crippen LogP contribution in [0.4, 0.5) is 5.82 Å². The number of anilines is 1. The maximum absolute atomic E-state index is 6.02. The van der Waals surface area contributed by atoms with Gasteiger partial charge in [0.2, 0.25) is 5.28 Å². The van der Waals surface area contributed by atoms with Gasteiger partial charge in [-0.2, -0.15) is 4.98 Å². The molecule has 0 saturated heterocycles. The van der Waals surface area contributed by atoms with E-state index < -0.39 is 0 Å². The van der Waals surface area contributed by atoms with Crippen LogP contribution in [0.5, 0.6) is 0 Å². The monoisotopic (exact) mass is 408 g/mol. The smallest absolute Gasteiger partial charge is 0.226 e. The zero-order valence-corrected chi connectivity index (χ0v) is 17.0. The molecule has 1 aliphatic carbocycles. The van der Waals surface area contributed by atoms with E-state index in [2.05, 4.69) is 43.8 Å². The molecule has 1 fully saturated rings. The summed E-state index contributed by atoms with van der Waals surface area (Å²) in [6, 6.07) is 12.7. The van der Waals surface area contributed by atoms with Gasteiger partial charge in [-0.05, 0) is 66.6 Å². The lowest BCUT2D eigenvalue weighted by molar-refractivity contribution is 0.515. The highest BCUT2D eigenvalue weighted by Gasteiger charge is 2.29. The molecule has 0 aliphatic heterocycles. The number of nitrogen functional groups attached to an aromatic ring is 1. The van der Waals surface area contributed by atoms with E-state index in [9.17, 15) is 0 Å². The van der Waals surface area contributed by atoms with E-state index in [0.29, 0.717) is 17.8 Å². The zero-order chi connectivity index (χ0) is 20.2. The number of aromatic nitrogens is 3. The molecule has 2 atom stereocenters. The Morgan fingerprint density at radius 2 is 2.03 bits per heavy atom. The zero-order valence-electron chi connectivity index (χ0n) is 16.2. The third-order valence-corrected chi connectivity index (χ3v) is 5.82. The van der Waals surface area contributed by atoms with Crippen molar-refractivity contribution in [2.45, 2.75) is 31.7 Å². The summed E-state index contributed by atoms with van der Waals surface area (Å²) in [6.45, 7) is 0.758. The largest absolute Gasteiger partial charge is 0.404 e. The highest BCUT2D eigenvalue weighted by molar-refractivity contribution is 6.28. The Labute approximate surface area is 175 Å². The quantitative estimate of drug-likeness (QED) is 0.472. The molecule has 0 spiro atoms. The van der Waals surface area contributed by atoms with Crippen LogP contribution in [-0.4, -0.2) is 27.3 Å². The Morgan fingerprint density at radius 1 is 1.21 bits per heavy atom. The summed E-state index contributed by atoms with van der Waals surface area (Å²) in [5.41, 5.74) is 15.1. The Bertz CT molecular complexity index is 1040. The number of nitrogens with two attached hydrogens (primary N) is 2. The van der Waals surface area contributed by atoms with Gasteiger partial charge >= 0.3 is 0 Å². The van der Waals surface area contributed by atoms with Gasteiger partial charge in [-0.25, -0.2) is 4.98 Å². The normalized spacial score (nSPS) is 20.1. The highest BCUT2D eigenvalue weighted by atomic mass is 35.5. The molecule has 0 radical (unpaired) electrons. The van der Waals surface area contributed by atoms with Crippen molar-refractivity contribution >= 4 is 34.7 Å². The first-order valence-electron chi connectivity index (χ1n) is 9.91. The first kappa shape index (κ1) is 19.5. The van der Waals surface area contributed by atoms with E-state index >= 15 is 0 Å². The Balaban J connectivity index is 1.41. The summed E-state index contributed by atoms with van der Waals surface area (Å²) >= 11 is 6.02. The summed E-state index contributed by atoms with van der Waals surface area (Å²) in [4.78, 5) is 13.0. The van der Waals surface area contributed by atoms with Crippen molar-refractivity contribution in [2.75, 3.05) is 12.3 Å². The first-order valence-corrected chi connectivity index (χ1v) is 10.3. The van der Waals surface area contributed by atoms with Gasteiger partial charge in [0.1, 0.15) is 11.5 Å². The van der Waals surface area contributed by atoms with Crippen molar-refractivity contribution in [1.29, 1.82) is 0 Å². The summed E-state index contributed by atoms with van der Waals surface area (Å²) in [7, 11) is 0. The number of benzene rings is 1. The average molecular weight is 409 g/mol. The van der Waals surface area contributed by atoms with Crippen molar-refractivity contribution in [3.8, 4) is 0 Å². The topological polar surface area (TPSA) is 95.1 Å². The second kappa shape index (κ2) is 8.66. The number of nitrogens with zero attached hydrogens (tertiary/aromatic N) is 4. The van der Waals surface area contributed by atoms with E-state index in [1.165, 1.54) is 5.56 Å². The lowest BCUT2D eigenvalue weighted by atomic mass is 9.99. The number of allylic oxidation sites excluding steroid dienone is 1. The first-order chi connectivity index (χ1) is 14.2. The number of rotatable bonds is 6. The molecule has 4 N–H and O–H groups in total. The van der Waals surface area contributed by atoms with Crippen molar-refractivity contribution < 1.29 is 0 Å². The fraction of sp³-hybridized carbons (Fsp3) is 0.318. The molecule has 150 valence electrons. The van der Waals surface area contributed by atoms with Crippen molar-refractivity contribution in [3.63, 3.8) is 0 Å². The minimum atomic E-state index is 0.178. The molecule has 0 bridgehead atoms. The number of fused-ring (bicyclic) bond motifs is 1. The van der Waals surface area contributed by atoms with Gasteiger partial charge in [0.15, 0.2) is 0 Å². The Kier molecular flexibility index (Phi) is 5.81. The van der Waals surface area contributed by atoms with Crippen LogP contribution in [0.15, 0.2) is 59.4 Å². The molecule has 1 aromatic carbocycles. The van der Waals surface area contributed by atoms with Crippen LogP contribution in [0.3, 0.4) is 0 Å². The van der Waals surface area contributed by atoms with Crippen LogP contribution >= 0.6 is 11.6 Å². The number of hydrogen-bond donors (Lipinski definition) is 2. The average Bonchev–Trinajstić information content (AvgIpc) is 3.36. The van der Waals surface area contributed by atoms with Gasteiger partial charge < -0.3 is 16.0 Å². The molecular weight excluding hydrogens is 384 g/mol. The second-order valence-corrected chi connectivity index (χ2v) is 7.78.